The SMILES string of the molecule is COc1ccc(CNc2nc(CCc3ccc(CN4CCN(C)CC4)cc3)nc(CN3CC(=O)NC3=O)n2)cc1. The predicted molar refractivity (Wildman–Crippen MR) is 151 cm³/mol. The van der Waals surface area contributed by atoms with Crippen LogP contribution in [-0.4, -0.2) is 88.5 Å². The maximum absolute atomic E-state index is 12.1. The molecule has 2 saturated heterocycles. The third-order valence-corrected chi connectivity index (χ3v) is 7.20. The molecule has 2 aliphatic heterocycles. The van der Waals surface area contributed by atoms with E-state index in [4.69, 9.17) is 4.74 Å². The Morgan fingerprint density at radius 3 is 2.17 bits per heavy atom. The highest BCUT2D eigenvalue weighted by Gasteiger charge is 2.27. The van der Waals surface area contributed by atoms with Crippen LogP contribution in [0.4, 0.5) is 10.7 Å². The van der Waals surface area contributed by atoms with Crippen LogP contribution in [0.25, 0.3) is 0 Å². The first-order valence-electron chi connectivity index (χ1n) is 13.6. The van der Waals surface area contributed by atoms with Gasteiger partial charge in [-0.2, -0.15) is 9.97 Å². The van der Waals surface area contributed by atoms with E-state index in [1.807, 2.05) is 24.3 Å². The first-order chi connectivity index (χ1) is 19.4. The largest absolute Gasteiger partial charge is 0.497 e. The smallest absolute Gasteiger partial charge is 0.324 e. The zero-order valence-electron chi connectivity index (χ0n) is 23.1. The fourth-order valence-electron chi connectivity index (χ4n) is 4.77. The molecule has 0 radical (unpaired) electrons. The number of carbonyl (C=O) groups is 2. The minimum absolute atomic E-state index is 0.00502. The first kappa shape index (κ1) is 27.5. The third kappa shape index (κ3) is 7.51. The zero-order chi connectivity index (χ0) is 27.9. The summed E-state index contributed by atoms with van der Waals surface area (Å²) in [5.74, 6) is 1.97. The van der Waals surface area contributed by atoms with E-state index in [0.717, 1.165) is 50.5 Å². The Balaban J connectivity index is 1.24. The van der Waals surface area contributed by atoms with Crippen LogP contribution in [0.1, 0.15) is 28.3 Å². The predicted octanol–water partition coefficient (Wildman–Crippen LogP) is 2.08. The van der Waals surface area contributed by atoms with Gasteiger partial charge >= 0.3 is 6.03 Å². The van der Waals surface area contributed by atoms with Crippen LogP contribution < -0.4 is 15.4 Å². The van der Waals surface area contributed by atoms with Crippen molar-refractivity contribution in [2.45, 2.75) is 32.5 Å². The molecule has 3 heterocycles. The van der Waals surface area contributed by atoms with Crippen molar-refractivity contribution in [3.05, 3.63) is 76.9 Å². The van der Waals surface area contributed by atoms with Gasteiger partial charge in [-0.3, -0.25) is 15.0 Å². The molecule has 210 valence electrons. The number of hydrogen-bond donors (Lipinski definition) is 2. The van der Waals surface area contributed by atoms with Crippen molar-refractivity contribution in [2.24, 2.45) is 0 Å². The lowest BCUT2D eigenvalue weighted by molar-refractivity contribution is -0.118. The van der Waals surface area contributed by atoms with Crippen molar-refractivity contribution in [1.82, 2.24) is 35.0 Å². The van der Waals surface area contributed by atoms with Crippen LogP contribution >= 0.6 is 0 Å². The average molecular weight is 545 g/mol. The molecular weight excluding hydrogens is 508 g/mol. The van der Waals surface area contributed by atoms with E-state index in [-0.39, 0.29) is 19.0 Å². The van der Waals surface area contributed by atoms with Gasteiger partial charge in [0.05, 0.1) is 13.7 Å². The molecule has 11 heteroatoms. The van der Waals surface area contributed by atoms with Crippen LogP contribution in [0.5, 0.6) is 5.75 Å². The number of nitrogens with one attached hydrogen (secondary N) is 2. The van der Waals surface area contributed by atoms with Crippen molar-refractivity contribution in [1.29, 1.82) is 0 Å². The summed E-state index contributed by atoms with van der Waals surface area (Å²) in [4.78, 5) is 43.8. The monoisotopic (exact) mass is 544 g/mol. The number of rotatable bonds is 11. The molecule has 0 aliphatic carbocycles. The van der Waals surface area contributed by atoms with Gasteiger partial charge < -0.3 is 19.9 Å². The topological polar surface area (TPSA) is 116 Å². The Hall–Kier alpha value is -4.09. The zero-order valence-corrected chi connectivity index (χ0v) is 23.1. The molecule has 5 rings (SSSR count). The number of likely N-dealkylation sites (N-methyl/N-ethyl adjacent to an activating group) is 1. The molecule has 3 aromatic rings. The number of amides is 3. The summed E-state index contributed by atoms with van der Waals surface area (Å²) in [7, 11) is 3.81. The summed E-state index contributed by atoms with van der Waals surface area (Å²) in [5, 5.41) is 5.57. The summed E-state index contributed by atoms with van der Waals surface area (Å²) in [6.07, 6.45) is 1.40. The number of piperazine rings is 1. The normalized spacial score (nSPS) is 16.3. The van der Waals surface area contributed by atoms with E-state index >= 15 is 0 Å². The lowest BCUT2D eigenvalue weighted by atomic mass is 10.1. The van der Waals surface area contributed by atoms with Gasteiger partial charge in [-0.25, -0.2) is 9.78 Å². The number of carbonyl (C=O) groups excluding carboxylic acids is 2. The van der Waals surface area contributed by atoms with Gasteiger partial charge in [0.1, 0.15) is 18.1 Å². The lowest BCUT2D eigenvalue weighted by Crippen LogP contribution is -2.43. The van der Waals surface area contributed by atoms with E-state index < -0.39 is 6.03 Å². The van der Waals surface area contributed by atoms with E-state index in [0.29, 0.717) is 30.6 Å². The van der Waals surface area contributed by atoms with Gasteiger partial charge in [-0.1, -0.05) is 36.4 Å². The minimum Gasteiger partial charge on any atom is -0.497 e. The number of imide groups is 1. The molecule has 0 saturated carbocycles. The van der Waals surface area contributed by atoms with Gasteiger partial charge in [0.25, 0.3) is 0 Å². The lowest BCUT2D eigenvalue weighted by Gasteiger charge is -2.32. The molecule has 0 atom stereocenters. The molecule has 3 amide bonds. The van der Waals surface area contributed by atoms with E-state index in [1.54, 1.807) is 7.11 Å². The highest BCUT2D eigenvalue weighted by Crippen LogP contribution is 2.15. The molecule has 2 fully saturated rings. The van der Waals surface area contributed by atoms with Crippen molar-refractivity contribution < 1.29 is 14.3 Å². The fourth-order valence-corrected chi connectivity index (χ4v) is 4.77. The number of benzene rings is 2. The molecule has 0 bridgehead atoms. The number of hydrogen-bond acceptors (Lipinski definition) is 9. The summed E-state index contributed by atoms with van der Waals surface area (Å²) in [6, 6.07) is 16.1. The number of anilines is 1. The van der Waals surface area contributed by atoms with Crippen LogP contribution in [-0.2, 0) is 37.3 Å². The van der Waals surface area contributed by atoms with Gasteiger partial charge in [0, 0.05) is 45.7 Å². The molecule has 0 spiro atoms. The summed E-state index contributed by atoms with van der Waals surface area (Å²) in [6.45, 7) is 6.04. The number of nitrogens with zero attached hydrogens (tertiary/aromatic N) is 6. The van der Waals surface area contributed by atoms with Crippen LogP contribution in [0.3, 0.4) is 0 Å². The van der Waals surface area contributed by atoms with Gasteiger partial charge in [0.2, 0.25) is 11.9 Å². The second kappa shape index (κ2) is 12.8. The first-order valence-corrected chi connectivity index (χ1v) is 13.6. The van der Waals surface area contributed by atoms with Crippen molar-refractivity contribution in [2.75, 3.05) is 52.2 Å². The van der Waals surface area contributed by atoms with E-state index in [2.05, 4.69) is 66.7 Å². The molecule has 40 heavy (non-hydrogen) atoms. The van der Waals surface area contributed by atoms with E-state index in [9.17, 15) is 9.59 Å². The second-order valence-corrected chi connectivity index (χ2v) is 10.3. The molecule has 2 aromatic carbocycles. The van der Waals surface area contributed by atoms with Gasteiger partial charge in [-0.15, -0.1) is 0 Å². The Bertz CT molecular complexity index is 1310. The molecule has 2 N–H and O–H groups in total. The Morgan fingerprint density at radius 1 is 0.825 bits per heavy atom. The second-order valence-electron chi connectivity index (χ2n) is 10.3. The Morgan fingerprint density at radius 2 is 1.50 bits per heavy atom. The number of aryl methyl sites for hydroxylation is 2. The van der Waals surface area contributed by atoms with Gasteiger partial charge in [-0.05, 0) is 42.3 Å². The highest BCUT2D eigenvalue weighted by molar-refractivity contribution is 6.01. The highest BCUT2D eigenvalue weighted by atomic mass is 16.5. The maximum Gasteiger partial charge on any atom is 0.324 e. The van der Waals surface area contributed by atoms with Gasteiger partial charge in [0.15, 0.2) is 5.82 Å². The standard InChI is InChI=1S/C29H36N8O3/c1-35-13-15-36(16-14-35)18-23-5-3-21(4-6-23)9-12-25-31-26(19-37-20-27(38)34-29(37)39)33-28(32-25)30-17-22-7-10-24(40-2)11-8-22/h3-8,10-11H,9,12-20H2,1-2H3,(H,34,38,39)(H,30,31,32,33). The van der Waals surface area contributed by atoms with Crippen LogP contribution in [0.2, 0.25) is 0 Å². The quantitative estimate of drug-likeness (QED) is 0.350. The minimum atomic E-state index is -0.434. The molecule has 1 aromatic heterocycles. The number of urea groups is 1. The Kier molecular flexibility index (Phi) is 8.82. The molecule has 0 unspecified atom stereocenters. The summed E-state index contributed by atoms with van der Waals surface area (Å²) < 4.78 is 5.23. The third-order valence-electron chi connectivity index (χ3n) is 7.20. The maximum atomic E-state index is 12.1. The van der Waals surface area contributed by atoms with Crippen molar-refractivity contribution >= 4 is 17.9 Å². The molecular formula is C29H36N8O3. The number of ether oxygens (including phenoxy) is 1. The number of methoxy groups -OCH3 is 1. The molecule has 11 nitrogen and oxygen atoms in total. The molecule has 2 aliphatic rings. The summed E-state index contributed by atoms with van der Waals surface area (Å²) in [5.41, 5.74) is 3.58. The Labute approximate surface area is 234 Å². The van der Waals surface area contributed by atoms with Crippen molar-refractivity contribution in [3.8, 4) is 5.75 Å². The fraction of sp³-hybridized carbons (Fsp3) is 0.414. The van der Waals surface area contributed by atoms with Crippen molar-refractivity contribution in [3.63, 3.8) is 0 Å². The number of aromatic nitrogens is 3. The summed E-state index contributed by atoms with van der Waals surface area (Å²) >= 11 is 0. The average Bonchev–Trinajstić information content (AvgIpc) is 3.28. The van der Waals surface area contributed by atoms with Crippen LogP contribution in [0.15, 0.2) is 48.5 Å². The van der Waals surface area contributed by atoms with E-state index in [1.165, 1.54) is 16.0 Å². The van der Waals surface area contributed by atoms with Crippen LogP contribution in [0, 0.1) is 0 Å².